The lowest BCUT2D eigenvalue weighted by atomic mass is 9.98. The molecule has 1 unspecified atom stereocenters. The van der Waals surface area contributed by atoms with Crippen molar-refractivity contribution in [2.24, 2.45) is 0 Å². The number of benzene rings is 3. The molecule has 1 fully saturated rings. The van der Waals surface area contributed by atoms with Crippen molar-refractivity contribution < 1.29 is 27.8 Å². The first-order valence-corrected chi connectivity index (χ1v) is 10.2. The molecule has 1 atom stereocenters. The summed E-state index contributed by atoms with van der Waals surface area (Å²) in [7, 11) is 0. The van der Waals surface area contributed by atoms with Crippen molar-refractivity contribution >= 4 is 40.6 Å². The summed E-state index contributed by atoms with van der Waals surface area (Å²) in [6, 6.07) is 16.3. The fourth-order valence-electron chi connectivity index (χ4n) is 3.59. The molecule has 33 heavy (non-hydrogen) atoms. The highest BCUT2D eigenvalue weighted by molar-refractivity contribution is 6.31. The lowest BCUT2D eigenvalue weighted by Crippen LogP contribution is -2.44. The van der Waals surface area contributed by atoms with Gasteiger partial charge in [0, 0.05) is 21.3 Å². The van der Waals surface area contributed by atoms with Crippen molar-refractivity contribution in [3.63, 3.8) is 0 Å². The number of anilines is 2. The summed E-state index contributed by atoms with van der Waals surface area (Å²) in [5.74, 6) is -0.560. The standard InChI is InChI=1S/C23H15Cl2F3N2O3/c1-14-22(32,15-3-2-4-20(13-15)33-23(26,27)28)30(19-11-7-17(25)8-12-19)21(31)29(14)18-9-5-16(24)6-10-18/h2-13,32H,1H2. The Morgan fingerprint density at radius 2 is 1.45 bits per heavy atom. The maximum atomic E-state index is 13.5. The number of carbonyl (C=O) groups is 1. The van der Waals surface area contributed by atoms with Gasteiger partial charge in [-0.25, -0.2) is 4.79 Å². The molecular formula is C23H15Cl2F3N2O3. The zero-order chi connectivity index (χ0) is 24.0. The zero-order valence-electron chi connectivity index (χ0n) is 16.7. The van der Waals surface area contributed by atoms with Crippen LogP contribution in [0.15, 0.2) is 85.1 Å². The van der Waals surface area contributed by atoms with Gasteiger partial charge in [-0.2, -0.15) is 0 Å². The average Bonchev–Trinajstić information content (AvgIpc) is 2.95. The fourth-order valence-corrected chi connectivity index (χ4v) is 3.84. The SMILES string of the molecule is C=C1N(c2ccc(Cl)cc2)C(=O)N(c2ccc(Cl)cc2)C1(O)c1cccc(OC(F)(F)F)c1. The Balaban J connectivity index is 1.88. The van der Waals surface area contributed by atoms with Crippen molar-refractivity contribution in [2.45, 2.75) is 12.1 Å². The highest BCUT2D eigenvalue weighted by atomic mass is 35.5. The maximum Gasteiger partial charge on any atom is 0.573 e. The van der Waals surface area contributed by atoms with Gasteiger partial charge in [-0.05, 0) is 60.7 Å². The van der Waals surface area contributed by atoms with Crippen LogP contribution in [-0.2, 0) is 5.72 Å². The molecule has 1 aliphatic rings. The second-order valence-corrected chi connectivity index (χ2v) is 7.97. The molecule has 1 heterocycles. The van der Waals surface area contributed by atoms with Crippen molar-refractivity contribution in [1.29, 1.82) is 0 Å². The average molecular weight is 495 g/mol. The Morgan fingerprint density at radius 1 is 0.909 bits per heavy atom. The molecule has 3 aromatic rings. The number of amides is 2. The normalized spacial score (nSPS) is 18.7. The van der Waals surface area contributed by atoms with Gasteiger partial charge < -0.3 is 9.84 Å². The van der Waals surface area contributed by atoms with Gasteiger partial charge in [0.25, 0.3) is 0 Å². The second-order valence-electron chi connectivity index (χ2n) is 7.10. The minimum atomic E-state index is -4.94. The fraction of sp³-hybridized carbons (Fsp3) is 0.0870. The number of carbonyl (C=O) groups excluding carboxylic acids is 1. The third-order valence-electron chi connectivity index (χ3n) is 5.02. The Morgan fingerprint density at radius 3 is 2.00 bits per heavy atom. The van der Waals surface area contributed by atoms with Crippen LogP contribution in [0.4, 0.5) is 29.3 Å². The molecule has 1 saturated heterocycles. The van der Waals surface area contributed by atoms with Gasteiger partial charge >= 0.3 is 12.4 Å². The van der Waals surface area contributed by atoms with Crippen LogP contribution in [0.5, 0.6) is 5.75 Å². The summed E-state index contributed by atoms with van der Waals surface area (Å²) in [6.45, 7) is 3.90. The van der Waals surface area contributed by atoms with E-state index in [1.807, 2.05) is 0 Å². The molecule has 4 rings (SSSR count). The predicted octanol–water partition coefficient (Wildman–Crippen LogP) is 6.70. The number of hydrogen-bond donors (Lipinski definition) is 1. The third-order valence-corrected chi connectivity index (χ3v) is 5.52. The minimum absolute atomic E-state index is 0.0611. The van der Waals surface area contributed by atoms with Crippen molar-refractivity contribution in [3.05, 3.63) is 101 Å². The smallest absolute Gasteiger partial charge is 0.406 e. The van der Waals surface area contributed by atoms with E-state index in [1.54, 1.807) is 24.3 Å². The van der Waals surface area contributed by atoms with Gasteiger partial charge in [0.1, 0.15) is 5.75 Å². The van der Waals surface area contributed by atoms with E-state index in [2.05, 4.69) is 11.3 Å². The van der Waals surface area contributed by atoms with E-state index in [9.17, 15) is 23.1 Å². The summed E-state index contributed by atoms with van der Waals surface area (Å²) in [5.41, 5.74) is -1.81. The lowest BCUT2D eigenvalue weighted by Gasteiger charge is -2.33. The Kier molecular flexibility index (Phi) is 5.78. The van der Waals surface area contributed by atoms with Gasteiger partial charge in [-0.15, -0.1) is 13.2 Å². The van der Waals surface area contributed by atoms with Crippen LogP contribution in [0.2, 0.25) is 10.0 Å². The molecule has 0 aromatic heterocycles. The van der Waals surface area contributed by atoms with Gasteiger partial charge in [-0.1, -0.05) is 41.9 Å². The van der Waals surface area contributed by atoms with Crippen LogP contribution < -0.4 is 14.5 Å². The summed E-state index contributed by atoms with van der Waals surface area (Å²) < 4.78 is 42.3. The van der Waals surface area contributed by atoms with Crippen LogP contribution in [-0.4, -0.2) is 17.5 Å². The molecule has 0 spiro atoms. The number of ether oxygens (including phenoxy) is 1. The molecule has 0 radical (unpaired) electrons. The molecule has 170 valence electrons. The van der Waals surface area contributed by atoms with Gasteiger partial charge in [0.15, 0.2) is 0 Å². The molecular weight excluding hydrogens is 480 g/mol. The quantitative estimate of drug-likeness (QED) is 0.439. The Hall–Kier alpha value is -3.20. The van der Waals surface area contributed by atoms with Crippen LogP contribution >= 0.6 is 23.2 Å². The first-order valence-electron chi connectivity index (χ1n) is 9.44. The number of nitrogens with zero attached hydrogens (tertiary/aromatic N) is 2. The highest BCUT2D eigenvalue weighted by Gasteiger charge is 2.55. The largest absolute Gasteiger partial charge is 0.573 e. The number of alkyl halides is 3. The monoisotopic (exact) mass is 494 g/mol. The summed E-state index contributed by atoms with van der Waals surface area (Å²) in [6.07, 6.45) is -4.94. The molecule has 0 saturated carbocycles. The van der Waals surface area contributed by atoms with Crippen LogP contribution in [0.25, 0.3) is 0 Å². The minimum Gasteiger partial charge on any atom is -0.406 e. The molecule has 3 aromatic carbocycles. The summed E-state index contributed by atoms with van der Waals surface area (Å²) in [5, 5.41) is 12.7. The first-order chi connectivity index (χ1) is 15.5. The maximum absolute atomic E-state index is 13.5. The molecule has 1 aliphatic heterocycles. The van der Waals surface area contributed by atoms with E-state index in [-0.39, 0.29) is 16.9 Å². The van der Waals surface area contributed by atoms with Crippen molar-refractivity contribution in [1.82, 2.24) is 0 Å². The van der Waals surface area contributed by atoms with Crippen molar-refractivity contribution in [3.8, 4) is 5.75 Å². The second kappa shape index (κ2) is 8.30. The van der Waals surface area contributed by atoms with E-state index in [0.29, 0.717) is 15.7 Å². The van der Waals surface area contributed by atoms with E-state index in [1.165, 1.54) is 36.4 Å². The number of hydrogen-bond acceptors (Lipinski definition) is 3. The lowest BCUT2D eigenvalue weighted by molar-refractivity contribution is -0.274. The molecule has 2 amide bonds. The third kappa shape index (κ3) is 4.25. The zero-order valence-corrected chi connectivity index (χ0v) is 18.2. The van der Waals surface area contributed by atoms with Crippen LogP contribution in [0.3, 0.4) is 0 Å². The van der Waals surface area contributed by atoms with E-state index in [0.717, 1.165) is 21.9 Å². The first kappa shape index (κ1) is 23.0. The van der Waals surface area contributed by atoms with Gasteiger partial charge in [-0.3, -0.25) is 9.80 Å². The molecule has 0 aliphatic carbocycles. The highest BCUT2D eigenvalue weighted by Crippen LogP contribution is 2.47. The number of rotatable bonds is 4. The number of urea groups is 1. The predicted molar refractivity (Wildman–Crippen MR) is 119 cm³/mol. The van der Waals surface area contributed by atoms with E-state index in [4.69, 9.17) is 23.2 Å². The van der Waals surface area contributed by atoms with E-state index < -0.39 is 23.9 Å². The number of halogens is 5. The molecule has 1 N–H and O–H groups in total. The van der Waals surface area contributed by atoms with Crippen molar-refractivity contribution in [2.75, 3.05) is 9.80 Å². The Bertz CT molecular complexity index is 1220. The van der Waals surface area contributed by atoms with Crippen LogP contribution in [0.1, 0.15) is 5.56 Å². The topological polar surface area (TPSA) is 53.0 Å². The Labute approximate surface area is 196 Å². The van der Waals surface area contributed by atoms with Gasteiger partial charge in [0.2, 0.25) is 5.72 Å². The molecule has 10 heteroatoms. The summed E-state index contributed by atoms with van der Waals surface area (Å²) in [4.78, 5) is 15.7. The van der Waals surface area contributed by atoms with Crippen LogP contribution in [0, 0.1) is 0 Å². The summed E-state index contributed by atoms with van der Waals surface area (Å²) >= 11 is 11.9. The van der Waals surface area contributed by atoms with Gasteiger partial charge in [0.05, 0.1) is 11.4 Å². The molecule has 0 bridgehead atoms. The molecule has 5 nitrogen and oxygen atoms in total. The number of aliphatic hydroxyl groups is 1. The van der Waals surface area contributed by atoms with E-state index >= 15 is 0 Å².